The quantitative estimate of drug-likeness (QED) is 0.0262. The Morgan fingerprint density at radius 1 is 0.304 bits per heavy atom. The normalized spacial score (nSPS) is 13.0. The molecule has 0 aliphatic carbocycles. The number of allylic oxidation sites excluding steroid dienone is 20. The molecule has 1 atom stereocenters. The van der Waals surface area contributed by atoms with Crippen molar-refractivity contribution in [3.8, 4) is 0 Å². The molecule has 0 N–H and O–H groups in total. The molecule has 0 aliphatic heterocycles. The second-order valence-electron chi connectivity index (χ2n) is 18.1. The van der Waals surface area contributed by atoms with Gasteiger partial charge in [0.2, 0.25) is 0 Å². The SMILES string of the molecule is CC/C=C\C/C=C\C/C=C\C/C=C\C/C=C\CCCCCC(=O)OC[C@H](COC(=O)CCCCCCCCC/C=C\CCCCCC)OC(=O)CCC/C=C\C/C=C\C/C=C\C/C=C\CCCCC. The molecule has 0 unspecified atom stereocenters. The van der Waals surface area contributed by atoms with Gasteiger partial charge in [0.1, 0.15) is 13.2 Å². The summed E-state index contributed by atoms with van der Waals surface area (Å²) >= 11 is 0. The summed E-state index contributed by atoms with van der Waals surface area (Å²) in [6, 6.07) is 0. The lowest BCUT2D eigenvalue weighted by molar-refractivity contribution is -0.167. The highest BCUT2D eigenvalue weighted by Crippen LogP contribution is 2.13. The number of unbranched alkanes of at least 4 members (excludes halogenated alkanes) is 18. The number of hydrogen-bond donors (Lipinski definition) is 0. The highest BCUT2D eigenvalue weighted by molar-refractivity contribution is 5.71. The zero-order valence-corrected chi connectivity index (χ0v) is 44.5. The molecule has 0 aromatic rings. The van der Waals surface area contributed by atoms with Crippen LogP contribution in [0.5, 0.6) is 0 Å². The van der Waals surface area contributed by atoms with Gasteiger partial charge in [0.15, 0.2) is 6.10 Å². The molecule has 0 saturated carbocycles. The van der Waals surface area contributed by atoms with Gasteiger partial charge in [0, 0.05) is 19.3 Å². The standard InChI is InChI=1S/C63H102O6/c1-4-7-10-13-16-19-22-25-28-30-31-33-35-38-41-44-47-50-53-56-62(65)68-59-60(58-67-61(64)55-52-49-46-43-40-37-34-27-24-21-18-15-12-9-6-3)69-63(66)57-54-51-48-45-42-39-36-32-29-26-23-20-17-14-11-8-5-2/h7,10,16-17,19-21,24-26,28-29,31,33,36,38-39,41,45,48,60H,4-6,8-9,11-15,18,22-23,27,30,32,34-35,37,40,42-44,46-47,49-59H2,1-3H3/b10-7-,19-16-,20-17-,24-21-,28-25-,29-26-,33-31-,39-36-,41-38-,48-45-/t60-/m0/s1. The highest BCUT2D eigenvalue weighted by atomic mass is 16.6. The molecule has 0 fully saturated rings. The average Bonchev–Trinajstić information content (AvgIpc) is 3.35. The minimum Gasteiger partial charge on any atom is -0.462 e. The van der Waals surface area contributed by atoms with Gasteiger partial charge in [-0.15, -0.1) is 0 Å². The van der Waals surface area contributed by atoms with E-state index < -0.39 is 6.10 Å². The van der Waals surface area contributed by atoms with Crippen LogP contribution in [0.3, 0.4) is 0 Å². The van der Waals surface area contributed by atoms with Crippen molar-refractivity contribution in [2.24, 2.45) is 0 Å². The van der Waals surface area contributed by atoms with E-state index in [1.807, 2.05) is 0 Å². The van der Waals surface area contributed by atoms with Crippen LogP contribution in [0.25, 0.3) is 0 Å². The molecule has 0 heterocycles. The number of rotatable bonds is 49. The molecule has 0 rings (SSSR count). The third kappa shape index (κ3) is 54.6. The summed E-state index contributed by atoms with van der Waals surface area (Å²) in [5.41, 5.74) is 0. The van der Waals surface area contributed by atoms with Crippen LogP contribution >= 0.6 is 0 Å². The lowest BCUT2D eigenvalue weighted by atomic mass is 10.1. The molecule has 0 bridgehead atoms. The van der Waals surface area contributed by atoms with Crippen LogP contribution in [0, 0.1) is 0 Å². The molecule has 0 amide bonds. The molecule has 6 nitrogen and oxygen atoms in total. The summed E-state index contributed by atoms with van der Waals surface area (Å²) in [5, 5.41) is 0. The first-order valence-electron chi connectivity index (χ1n) is 28.0. The number of ether oxygens (including phenoxy) is 3. The fraction of sp³-hybridized carbons (Fsp3) is 0.635. The van der Waals surface area contributed by atoms with Gasteiger partial charge in [-0.05, 0) is 128 Å². The van der Waals surface area contributed by atoms with Crippen molar-refractivity contribution < 1.29 is 28.6 Å². The van der Waals surface area contributed by atoms with E-state index in [4.69, 9.17) is 14.2 Å². The number of hydrogen-bond acceptors (Lipinski definition) is 6. The Balaban J connectivity index is 4.56. The van der Waals surface area contributed by atoms with Crippen LogP contribution < -0.4 is 0 Å². The van der Waals surface area contributed by atoms with Crippen LogP contribution in [0.2, 0.25) is 0 Å². The Labute approximate surface area is 424 Å². The van der Waals surface area contributed by atoms with E-state index in [0.29, 0.717) is 19.3 Å². The van der Waals surface area contributed by atoms with E-state index in [2.05, 4.69) is 142 Å². The maximum atomic E-state index is 12.8. The number of esters is 3. The monoisotopic (exact) mass is 955 g/mol. The first-order valence-corrected chi connectivity index (χ1v) is 28.0. The largest absolute Gasteiger partial charge is 0.462 e. The molecule has 0 aromatic carbocycles. The third-order valence-corrected chi connectivity index (χ3v) is 11.4. The predicted molar refractivity (Wildman–Crippen MR) is 297 cm³/mol. The van der Waals surface area contributed by atoms with Gasteiger partial charge < -0.3 is 14.2 Å². The third-order valence-electron chi connectivity index (χ3n) is 11.4. The molecule has 0 aliphatic rings. The van der Waals surface area contributed by atoms with Crippen molar-refractivity contribution in [2.75, 3.05) is 13.2 Å². The minimum atomic E-state index is -0.826. The summed E-state index contributed by atoms with van der Waals surface area (Å²) in [5.74, 6) is -1.01. The molecule has 0 spiro atoms. The molecular weight excluding hydrogens is 853 g/mol. The van der Waals surface area contributed by atoms with Crippen LogP contribution in [-0.2, 0) is 28.6 Å². The summed E-state index contributed by atoms with van der Waals surface area (Å²) in [4.78, 5) is 38.1. The van der Waals surface area contributed by atoms with Gasteiger partial charge in [-0.1, -0.05) is 213 Å². The molecule has 0 radical (unpaired) electrons. The molecular formula is C63H102O6. The van der Waals surface area contributed by atoms with Gasteiger partial charge >= 0.3 is 17.9 Å². The van der Waals surface area contributed by atoms with Gasteiger partial charge in [-0.25, -0.2) is 0 Å². The topological polar surface area (TPSA) is 78.9 Å². The molecule has 0 saturated heterocycles. The van der Waals surface area contributed by atoms with Crippen LogP contribution in [0.15, 0.2) is 122 Å². The van der Waals surface area contributed by atoms with Gasteiger partial charge in [0.25, 0.3) is 0 Å². The van der Waals surface area contributed by atoms with E-state index >= 15 is 0 Å². The van der Waals surface area contributed by atoms with Crippen molar-refractivity contribution in [3.05, 3.63) is 122 Å². The average molecular weight is 956 g/mol. The highest BCUT2D eigenvalue weighted by Gasteiger charge is 2.19. The molecule has 0 aromatic heterocycles. The predicted octanol–water partition coefficient (Wildman–Crippen LogP) is 18.9. The van der Waals surface area contributed by atoms with Crippen LogP contribution in [0.1, 0.15) is 239 Å². The zero-order chi connectivity index (χ0) is 50.0. The van der Waals surface area contributed by atoms with Crippen molar-refractivity contribution in [1.29, 1.82) is 0 Å². The van der Waals surface area contributed by atoms with E-state index in [1.165, 1.54) is 89.9 Å². The fourth-order valence-corrected chi connectivity index (χ4v) is 7.22. The second kappa shape index (κ2) is 56.4. The van der Waals surface area contributed by atoms with E-state index in [1.54, 1.807) is 0 Å². The van der Waals surface area contributed by atoms with Crippen LogP contribution in [-0.4, -0.2) is 37.2 Å². The van der Waals surface area contributed by atoms with Crippen molar-refractivity contribution >= 4 is 17.9 Å². The Hall–Kier alpha value is -4.19. The number of carbonyl (C=O) groups is 3. The Morgan fingerprint density at radius 2 is 0.580 bits per heavy atom. The lowest BCUT2D eigenvalue weighted by Crippen LogP contribution is -2.30. The first kappa shape index (κ1) is 64.8. The van der Waals surface area contributed by atoms with E-state index in [-0.39, 0.29) is 37.5 Å². The Kier molecular flexibility index (Phi) is 53.0. The smallest absolute Gasteiger partial charge is 0.306 e. The molecule has 69 heavy (non-hydrogen) atoms. The molecule has 390 valence electrons. The maximum absolute atomic E-state index is 12.8. The molecule has 6 heteroatoms. The summed E-state index contributed by atoms with van der Waals surface area (Å²) in [6.07, 6.45) is 77.6. The van der Waals surface area contributed by atoms with E-state index in [9.17, 15) is 14.4 Å². The summed E-state index contributed by atoms with van der Waals surface area (Å²) < 4.78 is 16.8. The number of carbonyl (C=O) groups excluding carboxylic acids is 3. The lowest BCUT2D eigenvalue weighted by Gasteiger charge is -2.18. The van der Waals surface area contributed by atoms with Gasteiger partial charge in [-0.2, -0.15) is 0 Å². The van der Waals surface area contributed by atoms with Crippen molar-refractivity contribution in [2.45, 2.75) is 245 Å². The zero-order valence-electron chi connectivity index (χ0n) is 44.5. The summed E-state index contributed by atoms with van der Waals surface area (Å²) in [7, 11) is 0. The first-order chi connectivity index (χ1) is 34.0. The van der Waals surface area contributed by atoms with Crippen LogP contribution in [0.4, 0.5) is 0 Å². The Bertz CT molecular complexity index is 1470. The van der Waals surface area contributed by atoms with Gasteiger partial charge in [-0.3, -0.25) is 14.4 Å². The summed E-state index contributed by atoms with van der Waals surface area (Å²) in [6.45, 7) is 6.40. The fourth-order valence-electron chi connectivity index (χ4n) is 7.22. The Morgan fingerprint density at radius 3 is 0.986 bits per heavy atom. The van der Waals surface area contributed by atoms with E-state index in [0.717, 1.165) is 103 Å². The second-order valence-corrected chi connectivity index (χ2v) is 18.1. The van der Waals surface area contributed by atoms with Crippen molar-refractivity contribution in [3.63, 3.8) is 0 Å². The minimum absolute atomic E-state index is 0.116. The maximum Gasteiger partial charge on any atom is 0.306 e. The van der Waals surface area contributed by atoms with Crippen molar-refractivity contribution in [1.82, 2.24) is 0 Å². The van der Waals surface area contributed by atoms with Gasteiger partial charge in [0.05, 0.1) is 0 Å².